The average Bonchev–Trinajstić information content (AvgIpc) is 2.58. The maximum Gasteiger partial charge on any atom is 0.411 e. The number of carbonyl (C=O) groups is 2. The van der Waals surface area contributed by atoms with Crippen LogP contribution < -0.4 is 16.0 Å². The van der Waals surface area contributed by atoms with E-state index in [0.29, 0.717) is 30.4 Å². The highest BCUT2D eigenvalue weighted by atomic mass is 16.5. The Balaban J connectivity index is 1.90. The summed E-state index contributed by atoms with van der Waals surface area (Å²) in [6, 6.07) is 5.11. The molecule has 130 valence electrons. The Bertz CT molecular complexity index is 614. The number of allylic oxidation sites excluding steroid dienone is 2. The number of hydrogen-bond acceptors (Lipinski definition) is 3. The van der Waals surface area contributed by atoms with Crippen LogP contribution in [0.3, 0.4) is 0 Å². The van der Waals surface area contributed by atoms with Crippen molar-refractivity contribution in [3.63, 3.8) is 0 Å². The predicted molar refractivity (Wildman–Crippen MR) is 95.3 cm³/mol. The molecule has 1 aromatic rings. The highest BCUT2D eigenvalue weighted by Crippen LogP contribution is 2.23. The van der Waals surface area contributed by atoms with E-state index in [4.69, 9.17) is 4.74 Å². The zero-order valence-corrected chi connectivity index (χ0v) is 14.2. The summed E-state index contributed by atoms with van der Waals surface area (Å²) in [5.74, 6) is 0.499. The second-order valence-corrected chi connectivity index (χ2v) is 5.81. The normalized spacial score (nSPS) is 16.3. The van der Waals surface area contributed by atoms with Crippen LogP contribution in [0.4, 0.5) is 21.0 Å². The molecule has 1 aliphatic carbocycles. The number of urea groups is 1. The summed E-state index contributed by atoms with van der Waals surface area (Å²) in [5, 5.41) is 8.42. The summed E-state index contributed by atoms with van der Waals surface area (Å²) < 4.78 is 4.87. The Hall–Kier alpha value is -2.50. The third-order valence-corrected chi connectivity index (χ3v) is 4.02. The fourth-order valence-corrected chi connectivity index (χ4v) is 2.63. The molecule has 0 saturated carbocycles. The summed E-state index contributed by atoms with van der Waals surface area (Å²) >= 11 is 0. The molecule has 6 heteroatoms. The van der Waals surface area contributed by atoms with Crippen LogP contribution in [0.1, 0.15) is 31.7 Å². The summed E-state index contributed by atoms with van der Waals surface area (Å²) in [6.45, 7) is 4.55. The van der Waals surface area contributed by atoms with Crippen LogP contribution in [0, 0.1) is 12.8 Å². The van der Waals surface area contributed by atoms with Crippen molar-refractivity contribution >= 4 is 23.5 Å². The first-order valence-electron chi connectivity index (χ1n) is 8.33. The molecule has 0 heterocycles. The van der Waals surface area contributed by atoms with Crippen molar-refractivity contribution in [2.24, 2.45) is 5.92 Å². The largest absolute Gasteiger partial charge is 0.450 e. The molecule has 0 bridgehead atoms. The predicted octanol–water partition coefficient (Wildman–Crippen LogP) is 4.04. The van der Waals surface area contributed by atoms with Crippen molar-refractivity contribution in [2.75, 3.05) is 23.8 Å². The number of amides is 3. The standard InChI is InChI=1S/C18H25N3O3/c1-3-24-18(23)21-16-11-7-10-15(13(16)2)20-17(22)19-12-14-8-5-4-6-9-14/h4-5,7,10-11,14H,3,6,8-9,12H2,1-2H3,(H,21,23)(H2,19,20,22)/t14-/m0/s1. The Morgan fingerprint density at radius 2 is 1.96 bits per heavy atom. The summed E-state index contributed by atoms with van der Waals surface area (Å²) in [6.07, 6.45) is 7.04. The number of anilines is 2. The molecule has 0 spiro atoms. The molecule has 2 rings (SSSR count). The SMILES string of the molecule is CCOC(=O)Nc1cccc(NC(=O)NC[C@H]2CC=CCC2)c1C. The van der Waals surface area contributed by atoms with E-state index in [-0.39, 0.29) is 6.03 Å². The van der Waals surface area contributed by atoms with Crippen molar-refractivity contribution in [3.05, 3.63) is 35.9 Å². The van der Waals surface area contributed by atoms with Gasteiger partial charge in [-0.05, 0) is 56.7 Å². The Morgan fingerprint density at radius 3 is 2.62 bits per heavy atom. The summed E-state index contributed by atoms with van der Waals surface area (Å²) in [7, 11) is 0. The van der Waals surface area contributed by atoms with Crippen LogP contribution in [0.15, 0.2) is 30.4 Å². The van der Waals surface area contributed by atoms with E-state index in [1.54, 1.807) is 25.1 Å². The monoisotopic (exact) mass is 331 g/mol. The van der Waals surface area contributed by atoms with Gasteiger partial charge in [-0.15, -0.1) is 0 Å². The van der Waals surface area contributed by atoms with Crippen LogP contribution >= 0.6 is 0 Å². The molecule has 0 radical (unpaired) electrons. The van der Waals surface area contributed by atoms with Crippen molar-refractivity contribution in [1.82, 2.24) is 5.32 Å². The zero-order chi connectivity index (χ0) is 17.4. The maximum atomic E-state index is 12.1. The Labute approximate surface area is 142 Å². The molecule has 3 amide bonds. The van der Waals surface area contributed by atoms with E-state index >= 15 is 0 Å². The molecule has 3 N–H and O–H groups in total. The molecule has 0 saturated heterocycles. The first-order valence-corrected chi connectivity index (χ1v) is 8.33. The number of carbonyl (C=O) groups excluding carboxylic acids is 2. The van der Waals surface area contributed by atoms with Gasteiger partial charge in [-0.2, -0.15) is 0 Å². The van der Waals surface area contributed by atoms with Crippen molar-refractivity contribution in [1.29, 1.82) is 0 Å². The van der Waals surface area contributed by atoms with Gasteiger partial charge in [0.1, 0.15) is 0 Å². The second-order valence-electron chi connectivity index (χ2n) is 5.81. The van der Waals surface area contributed by atoms with E-state index in [0.717, 1.165) is 24.8 Å². The molecule has 1 atom stereocenters. The lowest BCUT2D eigenvalue weighted by Gasteiger charge is -2.19. The molecular formula is C18H25N3O3. The number of rotatable bonds is 5. The van der Waals surface area contributed by atoms with E-state index < -0.39 is 6.09 Å². The fourth-order valence-electron chi connectivity index (χ4n) is 2.63. The highest BCUT2D eigenvalue weighted by Gasteiger charge is 2.13. The minimum atomic E-state index is -0.507. The van der Waals surface area contributed by atoms with Gasteiger partial charge in [-0.1, -0.05) is 18.2 Å². The first kappa shape index (κ1) is 17.8. The molecular weight excluding hydrogens is 306 g/mol. The Morgan fingerprint density at radius 1 is 1.21 bits per heavy atom. The number of nitrogens with one attached hydrogen (secondary N) is 3. The molecule has 24 heavy (non-hydrogen) atoms. The highest BCUT2D eigenvalue weighted by molar-refractivity contribution is 5.93. The number of ether oxygens (including phenoxy) is 1. The van der Waals surface area contributed by atoms with Crippen LogP contribution in [0.2, 0.25) is 0 Å². The van der Waals surface area contributed by atoms with E-state index in [1.807, 2.05) is 6.92 Å². The lowest BCUT2D eigenvalue weighted by molar-refractivity contribution is 0.168. The van der Waals surface area contributed by atoms with Gasteiger partial charge in [-0.3, -0.25) is 5.32 Å². The van der Waals surface area contributed by atoms with E-state index in [2.05, 4.69) is 28.1 Å². The molecule has 0 fully saturated rings. The van der Waals surface area contributed by atoms with Crippen LogP contribution in [0.5, 0.6) is 0 Å². The molecule has 1 aromatic carbocycles. The number of benzene rings is 1. The van der Waals surface area contributed by atoms with Crippen LogP contribution in [0.25, 0.3) is 0 Å². The third kappa shape index (κ3) is 5.30. The van der Waals surface area contributed by atoms with Crippen LogP contribution in [-0.2, 0) is 4.74 Å². The third-order valence-electron chi connectivity index (χ3n) is 4.02. The van der Waals surface area contributed by atoms with Crippen molar-refractivity contribution in [2.45, 2.75) is 33.1 Å². The van der Waals surface area contributed by atoms with Gasteiger partial charge in [0.15, 0.2) is 0 Å². The summed E-state index contributed by atoms with van der Waals surface area (Å²) in [4.78, 5) is 23.6. The molecule has 0 aliphatic heterocycles. The lowest BCUT2D eigenvalue weighted by atomic mass is 9.94. The fraction of sp³-hybridized carbons (Fsp3) is 0.444. The van der Waals surface area contributed by atoms with Gasteiger partial charge in [-0.25, -0.2) is 9.59 Å². The molecule has 0 aromatic heterocycles. The average molecular weight is 331 g/mol. The molecule has 0 unspecified atom stereocenters. The minimum absolute atomic E-state index is 0.235. The summed E-state index contributed by atoms with van der Waals surface area (Å²) in [5.41, 5.74) is 2.05. The quantitative estimate of drug-likeness (QED) is 0.712. The topological polar surface area (TPSA) is 79.5 Å². The lowest BCUT2D eigenvalue weighted by Crippen LogP contribution is -2.33. The molecule has 1 aliphatic rings. The maximum absolute atomic E-state index is 12.1. The smallest absolute Gasteiger partial charge is 0.411 e. The van der Waals surface area contributed by atoms with Crippen molar-refractivity contribution in [3.8, 4) is 0 Å². The van der Waals surface area contributed by atoms with Crippen LogP contribution in [-0.4, -0.2) is 25.3 Å². The van der Waals surface area contributed by atoms with Gasteiger partial charge >= 0.3 is 12.1 Å². The minimum Gasteiger partial charge on any atom is -0.450 e. The first-order chi connectivity index (χ1) is 11.6. The van der Waals surface area contributed by atoms with Crippen molar-refractivity contribution < 1.29 is 14.3 Å². The Kier molecular flexibility index (Phi) is 6.66. The van der Waals surface area contributed by atoms with Gasteiger partial charge < -0.3 is 15.4 Å². The van der Waals surface area contributed by atoms with E-state index in [9.17, 15) is 9.59 Å². The zero-order valence-electron chi connectivity index (χ0n) is 14.2. The van der Waals surface area contributed by atoms with Gasteiger partial charge in [0.25, 0.3) is 0 Å². The van der Waals surface area contributed by atoms with Gasteiger partial charge in [0.2, 0.25) is 0 Å². The number of hydrogen-bond donors (Lipinski definition) is 3. The van der Waals surface area contributed by atoms with Gasteiger partial charge in [0.05, 0.1) is 6.61 Å². The second kappa shape index (κ2) is 8.96. The molecule has 6 nitrogen and oxygen atoms in total. The van der Waals surface area contributed by atoms with E-state index in [1.165, 1.54) is 0 Å². The van der Waals surface area contributed by atoms with Gasteiger partial charge in [0, 0.05) is 17.9 Å².